The van der Waals surface area contributed by atoms with Gasteiger partial charge < -0.3 is 10.1 Å². The van der Waals surface area contributed by atoms with Crippen molar-refractivity contribution in [1.29, 1.82) is 0 Å². The summed E-state index contributed by atoms with van der Waals surface area (Å²) in [5.41, 5.74) is 0.686. The highest BCUT2D eigenvalue weighted by molar-refractivity contribution is 5.94. The number of unbranched alkanes of at least 4 members (excludes halogenated alkanes) is 1. The molecule has 3 heteroatoms. The number of benzene rings is 1. The average molecular weight is 263 g/mol. The minimum Gasteiger partial charge on any atom is -0.497 e. The molecule has 106 valence electrons. The molecule has 1 atom stereocenters. The van der Waals surface area contributed by atoms with Crippen LogP contribution in [-0.4, -0.2) is 19.6 Å². The zero-order chi connectivity index (χ0) is 14.1. The Balaban J connectivity index is 2.44. The van der Waals surface area contributed by atoms with Gasteiger partial charge in [-0.15, -0.1) is 0 Å². The number of amides is 1. The van der Waals surface area contributed by atoms with Crippen molar-refractivity contribution >= 4 is 5.91 Å². The van der Waals surface area contributed by atoms with E-state index in [0.29, 0.717) is 11.5 Å². The number of carbonyl (C=O) groups is 1. The Morgan fingerprint density at radius 1 is 1.26 bits per heavy atom. The first kappa shape index (κ1) is 15.5. The van der Waals surface area contributed by atoms with Crippen molar-refractivity contribution in [2.45, 2.75) is 39.5 Å². The van der Waals surface area contributed by atoms with E-state index < -0.39 is 0 Å². The van der Waals surface area contributed by atoms with Gasteiger partial charge in [-0.2, -0.15) is 0 Å². The van der Waals surface area contributed by atoms with E-state index in [-0.39, 0.29) is 5.91 Å². The summed E-state index contributed by atoms with van der Waals surface area (Å²) in [5.74, 6) is 1.35. The summed E-state index contributed by atoms with van der Waals surface area (Å²) in [7, 11) is 1.62. The van der Waals surface area contributed by atoms with Gasteiger partial charge in [0.1, 0.15) is 5.75 Å². The molecule has 0 aliphatic rings. The highest BCUT2D eigenvalue weighted by Crippen LogP contribution is 2.13. The van der Waals surface area contributed by atoms with Gasteiger partial charge >= 0.3 is 0 Å². The summed E-state index contributed by atoms with van der Waals surface area (Å²) in [5, 5.41) is 3.02. The van der Waals surface area contributed by atoms with Crippen molar-refractivity contribution in [1.82, 2.24) is 5.32 Å². The maximum Gasteiger partial charge on any atom is 0.251 e. The van der Waals surface area contributed by atoms with Gasteiger partial charge in [0.15, 0.2) is 0 Å². The molecule has 19 heavy (non-hydrogen) atoms. The standard InChI is InChI=1S/C16H25NO2/c1-4-6-7-13(5-2)12-17-16(18)14-8-10-15(19-3)11-9-14/h8-11,13H,4-7,12H2,1-3H3,(H,17,18). The van der Waals surface area contributed by atoms with E-state index >= 15 is 0 Å². The van der Waals surface area contributed by atoms with Gasteiger partial charge in [0.05, 0.1) is 7.11 Å². The van der Waals surface area contributed by atoms with Gasteiger partial charge in [-0.25, -0.2) is 0 Å². The van der Waals surface area contributed by atoms with Crippen molar-refractivity contribution in [3.05, 3.63) is 29.8 Å². The molecule has 0 fully saturated rings. The summed E-state index contributed by atoms with van der Waals surface area (Å²) < 4.78 is 5.08. The Kier molecular flexibility index (Phi) is 7.01. The van der Waals surface area contributed by atoms with Crippen LogP contribution in [0.4, 0.5) is 0 Å². The van der Waals surface area contributed by atoms with Crippen molar-refractivity contribution in [2.75, 3.05) is 13.7 Å². The first-order valence-electron chi connectivity index (χ1n) is 7.13. The fraction of sp³-hybridized carbons (Fsp3) is 0.562. The summed E-state index contributed by atoms with van der Waals surface area (Å²) in [6.07, 6.45) is 4.75. The number of nitrogens with one attached hydrogen (secondary N) is 1. The van der Waals surface area contributed by atoms with Gasteiger partial charge in [-0.1, -0.05) is 33.1 Å². The molecule has 0 aliphatic heterocycles. The first-order valence-corrected chi connectivity index (χ1v) is 7.13. The second kappa shape index (κ2) is 8.57. The first-order chi connectivity index (χ1) is 9.21. The number of ether oxygens (including phenoxy) is 1. The predicted molar refractivity (Wildman–Crippen MR) is 78.6 cm³/mol. The van der Waals surface area contributed by atoms with Crippen molar-refractivity contribution < 1.29 is 9.53 Å². The molecule has 1 unspecified atom stereocenters. The molecule has 0 spiro atoms. The highest BCUT2D eigenvalue weighted by Gasteiger charge is 2.09. The van der Waals surface area contributed by atoms with Crippen LogP contribution in [0.5, 0.6) is 5.75 Å². The molecule has 0 bridgehead atoms. The molecule has 1 rings (SSSR count). The molecular weight excluding hydrogens is 238 g/mol. The largest absolute Gasteiger partial charge is 0.497 e. The molecule has 1 amide bonds. The van der Waals surface area contributed by atoms with E-state index in [0.717, 1.165) is 18.7 Å². The number of hydrogen-bond donors (Lipinski definition) is 1. The lowest BCUT2D eigenvalue weighted by atomic mass is 9.99. The topological polar surface area (TPSA) is 38.3 Å². The Hall–Kier alpha value is -1.51. The van der Waals surface area contributed by atoms with E-state index in [2.05, 4.69) is 19.2 Å². The summed E-state index contributed by atoms with van der Waals surface area (Å²) in [6.45, 7) is 5.14. The van der Waals surface area contributed by atoms with Crippen LogP contribution in [-0.2, 0) is 0 Å². The SMILES string of the molecule is CCCCC(CC)CNC(=O)c1ccc(OC)cc1. The molecule has 0 aromatic heterocycles. The van der Waals surface area contributed by atoms with Crippen LogP contribution in [0.25, 0.3) is 0 Å². The molecule has 0 saturated carbocycles. The normalized spacial score (nSPS) is 11.9. The van der Waals surface area contributed by atoms with Crippen LogP contribution in [0.15, 0.2) is 24.3 Å². The molecule has 3 nitrogen and oxygen atoms in total. The lowest BCUT2D eigenvalue weighted by Gasteiger charge is -2.15. The fourth-order valence-electron chi connectivity index (χ4n) is 2.02. The van der Waals surface area contributed by atoms with Crippen molar-refractivity contribution in [2.24, 2.45) is 5.92 Å². The van der Waals surface area contributed by atoms with Gasteiger partial charge in [-0.3, -0.25) is 4.79 Å². The fourth-order valence-corrected chi connectivity index (χ4v) is 2.02. The quantitative estimate of drug-likeness (QED) is 0.777. The third-order valence-electron chi connectivity index (χ3n) is 3.45. The van der Waals surface area contributed by atoms with E-state index in [9.17, 15) is 4.79 Å². The smallest absolute Gasteiger partial charge is 0.251 e. The second-order valence-electron chi connectivity index (χ2n) is 4.86. The molecule has 0 radical (unpaired) electrons. The minimum absolute atomic E-state index is 0.00222. The van der Waals surface area contributed by atoms with Crippen LogP contribution >= 0.6 is 0 Å². The molecule has 0 heterocycles. The predicted octanol–water partition coefficient (Wildman–Crippen LogP) is 3.64. The summed E-state index contributed by atoms with van der Waals surface area (Å²) in [4.78, 5) is 12.0. The third kappa shape index (κ3) is 5.33. The van der Waals surface area contributed by atoms with Gasteiger partial charge in [0.2, 0.25) is 0 Å². The molecular formula is C16H25NO2. The number of methoxy groups -OCH3 is 1. The number of rotatable bonds is 8. The van der Waals surface area contributed by atoms with Gasteiger partial charge in [-0.05, 0) is 36.6 Å². The zero-order valence-corrected chi connectivity index (χ0v) is 12.2. The number of hydrogen-bond acceptors (Lipinski definition) is 2. The Morgan fingerprint density at radius 3 is 2.47 bits per heavy atom. The highest BCUT2D eigenvalue weighted by atomic mass is 16.5. The Morgan fingerprint density at radius 2 is 1.95 bits per heavy atom. The van der Waals surface area contributed by atoms with Crippen LogP contribution in [0, 0.1) is 5.92 Å². The van der Waals surface area contributed by atoms with Crippen LogP contribution in [0.3, 0.4) is 0 Å². The van der Waals surface area contributed by atoms with E-state index in [1.807, 2.05) is 12.1 Å². The Bertz CT molecular complexity index is 373. The van der Waals surface area contributed by atoms with Crippen molar-refractivity contribution in [3.63, 3.8) is 0 Å². The molecule has 0 aliphatic carbocycles. The lowest BCUT2D eigenvalue weighted by molar-refractivity contribution is 0.0946. The third-order valence-corrected chi connectivity index (χ3v) is 3.45. The minimum atomic E-state index is -0.00222. The summed E-state index contributed by atoms with van der Waals surface area (Å²) in [6, 6.07) is 7.20. The Labute approximate surface area is 116 Å². The zero-order valence-electron chi connectivity index (χ0n) is 12.2. The maximum atomic E-state index is 12.0. The van der Waals surface area contributed by atoms with E-state index in [4.69, 9.17) is 4.74 Å². The van der Waals surface area contributed by atoms with Gasteiger partial charge in [0, 0.05) is 12.1 Å². The van der Waals surface area contributed by atoms with Gasteiger partial charge in [0.25, 0.3) is 5.91 Å². The van der Waals surface area contributed by atoms with Crippen LogP contribution < -0.4 is 10.1 Å². The monoisotopic (exact) mass is 263 g/mol. The molecule has 1 aromatic carbocycles. The molecule has 1 N–H and O–H groups in total. The summed E-state index contributed by atoms with van der Waals surface area (Å²) >= 11 is 0. The second-order valence-corrected chi connectivity index (χ2v) is 4.86. The average Bonchev–Trinajstić information content (AvgIpc) is 2.47. The number of carbonyl (C=O) groups excluding carboxylic acids is 1. The maximum absolute atomic E-state index is 12.0. The van der Waals surface area contributed by atoms with Crippen molar-refractivity contribution in [3.8, 4) is 5.75 Å². The van der Waals surface area contributed by atoms with E-state index in [1.54, 1.807) is 19.2 Å². The molecule has 0 saturated heterocycles. The molecule has 1 aromatic rings. The lowest BCUT2D eigenvalue weighted by Crippen LogP contribution is -2.29. The van der Waals surface area contributed by atoms with Crippen LogP contribution in [0.2, 0.25) is 0 Å². The van der Waals surface area contributed by atoms with Crippen LogP contribution in [0.1, 0.15) is 49.9 Å². The van der Waals surface area contributed by atoms with E-state index in [1.165, 1.54) is 19.3 Å².